The van der Waals surface area contributed by atoms with Crippen LogP contribution in [0.3, 0.4) is 0 Å². The molecule has 2 saturated heterocycles. The number of pyridine rings is 1. The van der Waals surface area contributed by atoms with Crippen LogP contribution < -0.4 is 5.43 Å². The van der Waals surface area contributed by atoms with Crippen LogP contribution in [-0.2, 0) is 4.74 Å². The molecule has 0 aromatic carbocycles. The second kappa shape index (κ2) is 7.74. The number of hydrogen-bond donors (Lipinski definition) is 1. The Balaban J connectivity index is 1.62. The number of aromatic amines is 1. The molecule has 0 atom stereocenters. The minimum Gasteiger partial charge on any atom is -0.441 e. The van der Waals surface area contributed by atoms with Gasteiger partial charge in [-0.1, -0.05) is 26.7 Å². The van der Waals surface area contributed by atoms with Gasteiger partial charge in [-0.05, 0) is 12.8 Å². The van der Waals surface area contributed by atoms with Gasteiger partial charge >= 0.3 is 6.09 Å². The SMILES string of the molecule is CCC(CC)CN1CC2(CCN(C(=O)c3c[nH]c(C)cc3=O)CC2)OC1=O. The quantitative estimate of drug-likeness (QED) is 0.857. The topological polar surface area (TPSA) is 82.7 Å². The van der Waals surface area contributed by atoms with E-state index < -0.39 is 5.60 Å². The Morgan fingerprint density at radius 3 is 2.52 bits per heavy atom. The van der Waals surface area contributed by atoms with Gasteiger partial charge in [0.05, 0.1) is 6.54 Å². The average molecular weight is 375 g/mol. The highest BCUT2D eigenvalue weighted by Gasteiger charge is 2.47. The second-order valence-electron chi connectivity index (χ2n) is 7.80. The molecule has 0 unspecified atom stereocenters. The number of amides is 2. The summed E-state index contributed by atoms with van der Waals surface area (Å²) < 4.78 is 5.75. The van der Waals surface area contributed by atoms with Crippen molar-refractivity contribution < 1.29 is 14.3 Å². The molecule has 27 heavy (non-hydrogen) atoms. The van der Waals surface area contributed by atoms with Gasteiger partial charge in [0.15, 0.2) is 5.43 Å². The van der Waals surface area contributed by atoms with Gasteiger partial charge in [0.2, 0.25) is 0 Å². The third-order valence-electron chi connectivity index (χ3n) is 5.92. The molecule has 0 radical (unpaired) electrons. The standard InChI is InChI=1S/C20H29N3O4/c1-4-15(5-2)12-23-13-20(27-19(23)26)6-8-22(9-7-20)18(25)16-11-21-14(3)10-17(16)24/h10-11,15H,4-9,12-13H2,1-3H3,(H,21,24). The fourth-order valence-electron chi connectivity index (χ4n) is 3.98. The fourth-order valence-corrected chi connectivity index (χ4v) is 3.98. The minimum absolute atomic E-state index is 0.162. The molecule has 2 aliphatic heterocycles. The van der Waals surface area contributed by atoms with Crippen LogP contribution in [0.25, 0.3) is 0 Å². The fraction of sp³-hybridized carbons (Fsp3) is 0.650. The molecule has 1 aromatic heterocycles. The van der Waals surface area contributed by atoms with Gasteiger partial charge in [0.1, 0.15) is 11.2 Å². The summed E-state index contributed by atoms with van der Waals surface area (Å²) in [6.45, 7) is 8.35. The lowest BCUT2D eigenvalue weighted by Crippen LogP contribution is -2.49. The molecule has 2 aliphatic rings. The molecule has 2 amide bonds. The number of hydrogen-bond acceptors (Lipinski definition) is 4. The summed E-state index contributed by atoms with van der Waals surface area (Å²) in [4.78, 5) is 43.5. The van der Waals surface area contributed by atoms with Gasteiger partial charge in [0.25, 0.3) is 5.91 Å². The first kappa shape index (κ1) is 19.5. The minimum atomic E-state index is -0.500. The van der Waals surface area contributed by atoms with E-state index >= 15 is 0 Å². The van der Waals surface area contributed by atoms with Crippen LogP contribution in [0, 0.1) is 12.8 Å². The summed E-state index contributed by atoms with van der Waals surface area (Å²) in [7, 11) is 0. The third-order valence-corrected chi connectivity index (χ3v) is 5.92. The smallest absolute Gasteiger partial charge is 0.410 e. The summed E-state index contributed by atoms with van der Waals surface area (Å²) in [6.07, 6.45) is 4.54. The lowest BCUT2D eigenvalue weighted by atomic mass is 9.90. The first-order valence-corrected chi connectivity index (χ1v) is 9.84. The maximum Gasteiger partial charge on any atom is 0.410 e. The number of piperidine rings is 1. The zero-order valence-corrected chi connectivity index (χ0v) is 16.4. The first-order valence-electron chi connectivity index (χ1n) is 9.84. The Kier molecular flexibility index (Phi) is 5.58. The summed E-state index contributed by atoms with van der Waals surface area (Å²) in [5, 5.41) is 0. The number of carbonyl (C=O) groups excluding carboxylic acids is 2. The highest BCUT2D eigenvalue weighted by Crippen LogP contribution is 2.34. The van der Waals surface area contributed by atoms with Crippen molar-refractivity contribution in [1.29, 1.82) is 0 Å². The molecule has 148 valence electrons. The largest absolute Gasteiger partial charge is 0.441 e. The zero-order valence-electron chi connectivity index (χ0n) is 16.4. The van der Waals surface area contributed by atoms with Crippen LogP contribution >= 0.6 is 0 Å². The summed E-state index contributed by atoms with van der Waals surface area (Å²) in [6, 6.07) is 1.44. The molecule has 1 aromatic rings. The van der Waals surface area contributed by atoms with E-state index in [-0.39, 0.29) is 23.0 Å². The number of rotatable bonds is 5. The van der Waals surface area contributed by atoms with E-state index in [1.54, 1.807) is 11.8 Å². The lowest BCUT2D eigenvalue weighted by Gasteiger charge is -2.37. The average Bonchev–Trinajstić information content (AvgIpc) is 2.94. The van der Waals surface area contributed by atoms with Crippen LogP contribution in [0.5, 0.6) is 0 Å². The van der Waals surface area contributed by atoms with Crippen molar-refractivity contribution in [1.82, 2.24) is 14.8 Å². The molecular weight excluding hydrogens is 346 g/mol. The van der Waals surface area contributed by atoms with E-state index in [1.165, 1.54) is 12.3 Å². The van der Waals surface area contributed by atoms with Gasteiger partial charge < -0.3 is 19.5 Å². The maximum atomic E-state index is 12.7. The predicted molar refractivity (Wildman–Crippen MR) is 102 cm³/mol. The van der Waals surface area contributed by atoms with E-state index in [2.05, 4.69) is 18.8 Å². The van der Waals surface area contributed by atoms with Crippen LogP contribution in [0.4, 0.5) is 4.79 Å². The van der Waals surface area contributed by atoms with Crippen molar-refractivity contribution >= 4 is 12.0 Å². The number of likely N-dealkylation sites (tertiary alicyclic amines) is 1. The highest BCUT2D eigenvalue weighted by molar-refractivity contribution is 5.93. The third kappa shape index (κ3) is 4.01. The van der Waals surface area contributed by atoms with Crippen LogP contribution in [0.2, 0.25) is 0 Å². The van der Waals surface area contributed by atoms with Gasteiger partial charge in [-0.15, -0.1) is 0 Å². The number of aryl methyl sites for hydroxylation is 1. The van der Waals surface area contributed by atoms with Gasteiger partial charge in [0, 0.05) is 50.4 Å². The van der Waals surface area contributed by atoms with Crippen molar-refractivity contribution in [2.45, 2.75) is 52.1 Å². The molecule has 7 nitrogen and oxygen atoms in total. The van der Waals surface area contributed by atoms with Crippen molar-refractivity contribution in [3.05, 3.63) is 33.7 Å². The molecule has 7 heteroatoms. The number of aromatic nitrogens is 1. The molecule has 2 fully saturated rings. The monoisotopic (exact) mass is 375 g/mol. The van der Waals surface area contributed by atoms with Gasteiger partial charge in [-0.2, -0.15) is 0 Å². The predicted octanol–water partition coefficient (Wildman–Crippen LogP) is 2.55. The Morgan fingerprint density at radius 2 is 1.93 bits per heavy atom. The number of carbonyl (C=O) groups is 2. The molecule has 3 rings (SSSR count). The number of ether oxygens (including phenoxy) is 1. The normalized spacial score (nSPS) is 19.0. The summed E-state index contributed by atoms with van der Waals surface area (Å²) in [5.74, 6) is 0.229. The number of H-pyrrole nitrogens is 1. The molecule has 1 spiro atoms. The van der Waals surface area contributed by atoms with E-state index in [4.69, 9.17) is 4.74 Å². The summed E-state index contributed by atoms with van der Waals surface area (Å²) >= 11 is 0. The number of nitrogens with one attached hydrogen (secondary N) is 1. The number of nitrogens with zero attached hydrogens (tertiary/aromatic N) is 2. The Labute approximate surface area is 159 Å². The van der Waals surface area contributed by atoms with Crippen molar-refractivity contribution in [3.63, 3.8) is 0 Å². The van der Waals surface area contributed by atoms with Gasteiger partial charge in [-0.3, -0.25) is 9.59 Å². The zero-order chi connectivity index (χ0) is 19.6. The van der Waals surface area contributed by atoms with E-state index in [0.717, 1.165) is 25.1 Å². The molecule has 3 heterocycles. The van der Waals surface area contributed by atoms with Gasteiger partial charge in [-0.25, -0.2) is 4.79 Å². The molecule has 0 aliphatic carbocycles. The Morgan fingerprint density at radius 1 is 1.26 bits per heavy atom. The lowest BCUT2D eigenvalue weighted by molar-refractivity contribution is 0.00307. The Bertz CT molecular complexity index is 761. The maximum absolute atomic E-state index is 12.7. The van der Waals surface area contributed by atoms with Crippen LogP contribution in [-0.4, -0.2) is 58.6 Å². The van der Waals surface area contributed by atoms with Crippen molar-refractivity contribution in [2.24, 2.45) is 5.92 Å². The second-order valence-corrected chi connectivity index (χ2v) is 7.80. The van der Waals surface area contributed by atoms with Crippen molar-refractivity contribution in [3.8, 4) is 0 Å². The molecule has 1 N–H and O–H groups in total. The van der Waals surface area contributed by atoms with E-state index in [9.17, 15) is 14.4 Å². The molecular formula is C20H29N3O4. The van der Waals surface area contributed by atoms with Crippen LogP contribution in [0.15, 0.2) is 17.1 Å². The summed E-state index contributed by atoms with van der Waals surface area (Å²) in [5.41, 5.74) is 0.125. The highest BCUT2D eigenvalue weighted by atomic mass is 16.6. The van der Waals surface area contributed by atoms with E-state index in [0.29, 0.717) is 38.4 Å². The first-order chi connectivity index (χ1) is 12.9. The van der Waals surface area contributed by atoms with E-state index in [1.807, 2.05) is 4.90 Å². The molecule has 0 bridgehead atoms. The van der Waals surface area contributed by atoms with Crippen LogP contribution in [0.1, 0.15) is 55.6 Å². The van der Waals surface area contributed by atoms with Crippen molar-refractivity contribution in [2.75, 3.05) is 26.2 Å². The molecule has 0 saturated carbocycles. The Hall–Kier alpha value is -2.31.